The molecule has 0 aliphatic heterocycles. The lowest BCUT2D eigenvalue weighted by Gasteiger charge is -2.02. The van der Waals surface area contributed by atoms with Crippen LogP contribution in [0, 0.1) is 18.3 Å². The van der Waals surface area contributed by atoms with Gasteiger partial charge < -0.3 is 15.0 Å². The van der Waals surface area contributed by atoms with Crippen molar-refractivity contribution in [3.8, 4) is 6.07 Å². The fourth-order valence-electron chi connectivity index (χ4n) is 1.35. The van der Waals surface area contributed by atoms with Crippen molar-refractivity contribution < 1.29 is 9.90 Å². The summed E-state index contributed by atoms with van der Waals surface area (Å²) in [4.78, 5) is 10.3. The Labute approximate surface area is 87.9 Å². The van der Waals surface area contributed by atoms with Gasteiger partial charge in [-0.3, -0.25) is 4.79 Å². The molecule has 0 amide bonds. The van der Waals surface area contributed by atoms with E-state index < -0.39 is 5.97 Å². The Morgan fingerprint density at radius 2 is 2.40 bits per heavy atom. The monoisotopic (exact) mass is 207 g/mol. The Bertz CT molecular complexity index is 415. The number of nitrogens with zero attached hydrogens (tertiary/aromatic N) is 2. The van der Waals surface area contributed by atoms with Crippen molar-refractivity contribution in [3.05, 3.63) is 23.0 Å². The summed E-state index contributed by atoms with van der Waals surface area (Å²) < 4.78 is 1.79. The highest BCUT2D eigenvalue weighted by Crippen LogP contribution is 2.12. The lowest BCUT2D eigenvalue weighted by atomic mass is 10.2. The van der Waals surface area contributed by atoms with Gasteiger partial charge in [0.25, 0.3) is 0 Å². The predicted octanol–water partition coefficient (Wildman–Crippen LogP) is 0.379. The molecule has 5 heteroatoms. The van der Waals surface area contributed by atoms with E-state index in [1.165, 1.54) is 0 Å². The van der Waals surface area contributed by atoms with Crippen molar-refractivity contribution in [2.24, 2.45) is 7.05 Å². The number of nitrogens with one attached hydrogen (secondary N) is 1. The number of hydrogen-bond donors (Lipinski definition) is 2. The molecule has 15 heavy (non-hydrogen) atoms. The molecule has 0 spiro atoms. The molecule has 2 N–H and O–H groups in total. The molecule has 1 aromatic rings. The summed E-state index contributed by atoms with van der Waals surface area (Å²) in [7, 11) is 1.81. The van der Waals surface area contributed by atoms with Crippen LogP contribution >= 0.6 is 0 Å². The summed E-state index contributed by atoms with van der Waals surface area (Å²) in [5.74, 6) is -0.885. The topological polar surface area (TPSA) is 78.1 Å². The van der Waals surface area contributed by atoms with E-state index in [0.717, 1.165) is 11.3 Å². The van der Waals surface area contributed by atoms with E-state index in [9.17, 15) is 4.79 Å². The number of aliphatic carboxylic acids is 1. The van der Waals surface area contributed by atoms with Gasteiger partial charge in [-0.1, -0.05) is 0 Å². The van der Waals surface area contributed by atoms with Gasteiger partial charge in [-0.15, -0.1) is 0 Å². The minimum absolute atomic E-state index is 0.0732. The zero-order chi connectivity index (χ0) is 11.4. The molecule has 1 aromatic heterocycles. The quantitative estimate of drug-likeness (QED) is 0.748. The van der Waals surface area contributed by atoms with Gasteiger partial charge in [0, 0.05) is 19.3 Å². The number of carbonyl (C=O) groups is 1. The molecule has 5 nitrogen and oxygen atoms in total. The van der Waals surface area contributed by atoms with Crippen LogP contribution in [0.3, 0.4) is 0 Å². The third-order valence-electron chi connectivity index (χ3n) is 2.35. The smallest absolute Gasteiger partial charge is 0.317 e. The van der Waals surface area contributed by atoms with Gasteiger partial charge in [-0.05, 0) is 18.6 Å². The van der Waals surface area contributed by atoms with E-state index in [1.807, 2.05) is 14.0 Å². The van der Waals surface area contributed by atoms with Crippen LogP contribution in [0.1, 0.15) is 17.0 Å². The van der Waals surface area contributed by atoms with Crippen molar-refractivity contribution >= 4 is 5.97 Å². The second-order valence-electron chi connectivity index (χ2n) is 3.31. The van der Waals surface area contributed by atoms with Crippen molar-refractivity contribution in [2.75, 3.05) is 6.54 Å². The molecule has 0 aromatic carbocycles. The summed E-state index contributed by atoms with van der Waals surface area (Å²) in [6.07, 6.45) is 0. The molecule has 0 bridgehead atoms. The fourth-order valence-corrected chi connectivity index (χ4v) is 1.35. The molecule has 0 saturated heterocycles. The SMILES string of the molecule is Cc1c(CNCC(=O)O)cc(C#N)n1C. The number of nitriles is 1. The van der Waals surface area contributed by atoms with Crippen LogP contribution in [0.4, 0.5) is 0 Å². The zero-order valence-corrected chi connectivity index (χ0v) is 8.74. The van der Waals surface area contributed by atoms with Gasteiger partial charge in [-0.25, -0.2) is 0 Å². The minimum Gasteiger partial charge on any atom is -0.480 e. The van der Waals surface area contributed by atoms with Gasteiger partial charge in [0.15, 0.2) is 0 Å². The number of carboxylic acids is 1. The minimum atomic E-state index is -0.885. The first-order valence-corrected chi connectivity index (χ1v) is 4.54. The van der Waals surface area contributed by atoms with Crippen molar-refractivity contribution in [1.82, 2.24) is 9.88 Å². The van der Waals surface area contributed by atoms with Crippen LogP contribution in [0.2, 0.25) is 0 Å². The Morgan fingerprint density at radius 1 is 1.73 bits per heavy atom. The molecule has 0 aliphatic rings. The van der Waals surface area contributed by atoms with E-state index in [-0.39, 0.29) is 6.54 Å². The largest absolute Gasteiger partial charge is 0.480 e. The second-order valence-corrected chi connectivity index (χ2v) is 3.31. The lowest BCUT2D eigenvalue weighted by molar-refractivity contribution is -0.135. The lowest BCUT2D eigenvalue weighted by Crippen LogP contribution is -2.22. The summed E-state index contributed by atoms with van der Waals surface area (Å²) in [5.41, 5.74) is 2.51. The number of hydrogen-bond acceptors (Lipinski definition) is 3. The summed E-state index contributed by atoms with van der Waals surface area (Å²) in [6, 6.07) is 3.84. The molecule has 80 valence electrons. The van der Waals surface area contributed by atoms with Gasteiger partial charge in [0.05, 0.1) is 6.54 Å². The average molecular weight is 207 g/mol. The molecule has 0 aliphatic carbocycles. The predicted molar refractivity (Wildman–Crippen MR) is 54.2 cm³/mol. The van der Waals surface area contributed by atoms with Crippen LogP contribution in [0.25, 0.3) is 0 Å². The van der Waals surface area contributed by atoms with Crippen LogP contribution in [-0.2, 0) is 18.4 Å². The normalized spacial score (nSPS) is 9.93. The molecular formula is C10H13N3O2. The molecule has 1 heterocycles. The fraction of sp³-hybridized carbons (Fsp3) is 0.400. The van der Waals surface area contributed by atoms with Crippen LogP contribution in [-0.4, -0.2) is 22.2 Å². The second kappa shape index (κ2) is 4.62. The maximum absolute atomic E-state index is 10.3. The molecular weight excluding hydrogens is 194 g/mol. The van der Waals surface area contributed by atoms with Crippen molar-refractivity contribution in [3.63, 3.8) is 0 Å². The first-order chi connectivity index (χ1) is 7.06. The van der Waals surface area contributed by atoms with E-state index in [0.29, 0.717) is 12.2 Å². The van der Waals surface area contributed by atoms with Gasteiger partial charge in [-0.2, -0.15) is 5.26 Å². The Balaban J connectivity index is 2.70. The summed E-state index contributed by atoms with van der Waals surface area (Å²) in [6.45, 7) is 2.29. The van der Waals surface area contributed by atoms with Gasteiger partial charge >= 0.3 is 5.97 Å². The Morgan fingerprint density at radius 3 is 2.87 bits per heavy atom. The molecule has 0 fully saturated rings. The maximum atomic E-state index is 10.3. The molecule has 0 atom stereocenters. The van der Waals surface area contributed by atoms with Crippen LogP contribution < -0.4 is 5.32 Å². The molecule has 0 radical (unpaired) electrons. The van der Waals surface area contributed by atoms with Crippen molar-refractivity contribution in [1.29, 1.82) is 5.26 Å². The third kappa shape index (κ3) is 2.58. The van der Waals surface area contributed by atoms with Crippen LogP contribution in [0.5, 0.6) is 0 Å². The van der Waals surface area contributed by atoms with Crippen LogP contribution in [0.15, 0.2) is 6.07 Å². The zero-order valence-electron chi connectivity index (χ0n) is 8.74. The van der Waals surface area contributed by atoms with Gasteiger partial charge in [0.1, 0.15) is 11.8 Å². The molecule has 1 rings (SSSR count). The van der Waals surface area contributed by atoms with E-state index in [4.69, 9.17) is 10.4 Å². The van der Waals surface area contributed by atoms with E-state index in [2.05, 4.69) is 11.4 Å². The first-order valence-electron chi connectivity index (χ1n) is 4.54. The van der Waals surface area contributed by atoms with Crippen molar-refractivity contribution in [2.45, 2.75) is 13.5 Å². The van der Waals surface area contributed by atoms with Gasteiger partial charge in [0.2, 0.25) is 0 Å². The first kappa shape index (κ1) is 11.3. The number of aromatic nitrogens is 1. The maximum Gasteiger partial charge on any atom is 0.317 e. The average Bonchev–Trinajstić information content (AvgIpc) is 2.45. The van der Waals surface area contributed by atoms with E-state index in [1.54, 1.807) is 10.6 Å². The van der Waals surface area contributed by atoms with E-state index >= 15 is 0 Å². The number of carboxylic acid groups (broad SMARTS) is 1. The Hall–Kier alpha value is -1.80. The number of rotatable bonds is 4. The molecule has 0 unspecified atom stereocenters. The highest BCUT2D eigenvalue weighted by molar-refractivity contribution is 5.69. The summed E-state index contributed by atoms with van der Waals surface area (Å²) in [5, 5.41) is 20.0. The standard InChI is InChI=1S/C10H13N3O2/c1-7-8(5-12-6-10(14)15)3-9(4-11)13(7)2/h3,12H,5-6H2,1-2H3,(H,14,15). The highest BCUT2D eigenvalue weighted by atomic mass is 16.4. The third-order valence-corrected chi connectivity index (χ3v) is 2.35. The molecule has 0 saturated carbocycles. The highest BCUT2D eigenvalue weighted by Gasteiger charge is 2.08. The Kier molecular flexibility index (Phi) is 3.47. The summed E-state index contributed by atoms with van der Waals surface area (Å²) >= 11 is 0.